The molecule has 0 aliphatic rings. The van der Waals surface area contributed by atoms with Crippen LogP contribution in [-0.2, 0) is 0 Å². The second-order valence-electron chi connectivity index (χ2n) is 5.14. The van der Waals surface area contributed by atoms with Gasteiger partial charge in [0.05, 0.1) is 0 Å². The van der Waals surface area contributed by atoms with Crippen LogP contribution < -0.4 is 0 Å². The Labute approximate surface area is 111 Å². The van der Waals surface area contributed by atoms with Crippen molar-refractivity contribution in [2.24, 2.45) is 0 Å². The molecule has 4 rings (SSSR count). The first kappa shape index (κ1) is 10.6. The van der Waals surface area contributed by atoms with Crippen LogP contribution in [-0.4, -0.2) is 0 Å². The Balaban J connectivity index is 2.38. The summed E-state index contributed by atoms with van der Waals surface area (Å²) < 4.78 is 6.00. The summed E-state index contributed by atoms with van der Waals surface area (Å²) in [6.07, 6.45) is 0. The van der Waals surface area contributed by atoms with E-state index in [-0.39, 0.29) is 0 Å². The summed E-state index contributed by atoms with van der Waals surface area (Å²) in [6.45, 7) is 4.33. The fraction of sp³-hybridized carbons (Fsp3) is 0.111. The SMILES string of the molecule is Cc1ccc2oc3ccc4ccccc4c3c2c1C. The lowest BCUT2D eigenvalue weighted by Gasteiger charge is -2.02. The molecule has 0 saturated carbocycles. The van der Waals surface area contributed by atoms with Crippen LogP contribution in [0.15, 0.2) is 52.9 Å². The molecule has 0 atom stereocenters. The molecule has 0 unspecified atom stereocenters. The quantitative estimate of drug-likeness (QED) is 0.407. The zero-order valence-corrected chi connectivity index (χ0v) is 11.0. The van der Waals surface area contributed by atoms with Crippen molar-refractivity contribution in [2.45, 2.75) is 13.8 Å². The number of rotatable bonds is 0. The Bertz CT molecular complexity index is 929. The lowest BCUT2D eigenvalue weighted by atomic mass is 9.99. The molecule has 3 aromatic carbocycles. The van der Waals surface area contributed by atoms with Gasteiger partial charge in [-0.15, -0.1) is 0 Å². The van der Waals surface area contributed by atoms with E-state index in [2.05, 4.69) is 62.4 Å². The van der Waals surface area contributed by atoms with Crippen molar-refractivity contribution < 1.29 is 4.42 Å². The number of furan rings is 1. The van der Waals surface area contributed by atoms with E-state index in [0.717, 1.165) is 11.2 Å². The number of hydrogen-bond acceptors (Lipinski definition) is 1. The van der Waals surface area contributed by atoms with Crippen molar-refractivity contribution in [3.05, 3.63) is 59.7 Å². The minimum Gasteiger partial charge on any atom is -0.456 e. The minimum absolute atomic E-state index is 0.974. The third-order valence-corrected chi connectivity index (χ3v) is 4.06. The number of fused-ring (bicyclic) bond motifs is 5. The highest BCUT2D eigenvalue weighted by molar-refractivity contribution is 6.19. The molecule has 0 aliphatic carbocycles. The predicted molar refractivity (Wildman–Crippen MR) is 80.7 cm³/mol. The first-order valence-corrected chi connectivity index (χ1v) is 6.56. The molecule has 1 aromatic heterocycles. The summed E-state index contributed by atoms with van der Waals surface area (Å²) in [5, 5.41) is 5.03. The standard InChI is InChI=1S/C18H14O/c1-11-7-9-15-17(12(11)2)18-14-6-4-3-5-13(14)8-10-16(18)19-15/h3-10H,1-2H3. The Hall–Kier alpha value is -2.28. The van der Waals surface area contributed by atoms with Gasteiger partial charge in [-0.25, -0.2) is 0 Å². The Morgan fingerprint density at radius 3 is 2.37 bits per heavy atom. The summed E-state index contributed by atoms with van der Waals surface area (Å²) in [5.74, 6) is 0. The van der Waals surface area contributed by atoms with Gasteiger partial charge >= 0.3 is 0 Å². The van der Waals surface area contributed by atoms with Crippen LogP contribution in [0.2, 0.25) is 0 Å². The average molecular weight is 246 g/mol. The van der Waals surface area contributed by atoms with E-state index in [1.54, 1.807) is 0 Å². The summed E-state index contributed by atoms with van der Waals surface area (Å²) in [5.41, 5.74) is 4.58. The van der Waals surface area contributed by atoms with Crippen LogP contribution in [0.3, 0.4) is 0 Å². The highest BCUT2D eigenvalue weighted by atomic mass is 16.3. The number of hydrogen-bond donors (Lipinski definition) is 0. The third kappa shape index (κ3) is 1.36. The van der Waals surface area contributed by atoms with Crippen LogP contribution in [0, 0.1) is 13.8 Å². The largest absolute Gasteiger partial charge is 0.456 e. The summed E-state index contributed by atoms with van der Waals surface area (Å²) >= 11 is 0. The molecule has 0 aliphatic heterocycles. The fourth-order valence-corrected chi connectivity index (χ4v) is 2.90. The molecule has 0 radical (unpaired) electrons. The zero-order chi connectivity index (χ0) is 13.0. The van der Waals surface area contributed by atoms with Crippen molar-refractivity contribution in [3.8, 4) is 0 Å². The van der Waals surface area contributed by atoms with Gasteiger partial charge < -0.3 is 4.42 Å². The van der Waals surface area contributed by atoms with Crippen LogP contribution in [0.25, 0.3) is 32.7 Å². The number of benzene rings is 3. The lowest BCUT2D eigenvalue weighted by Crippen LogP contribution is -1.81. The van der Waals surface area contributed by atoms with Gasteiger partial charge in [-0.05, 0) is 47.9 Å². The molecule has 0 amide bonds. The van der Waals surface area contributed by atoms with Crippen molar-refractivity contribution >= 4 is 32.7 Å². The van der Waals surface area contributed by atoms with E-state index in [9.17, 15) is 0 Å². The van der Waals surface area contributed by atoms with Crippen molar-refractivity contribution in [2.75, 3.05) is 0 Å². The zero-order valence-electron chi connectivity index (χ0n) is 11.0. The highest BCUT2D eigenvalue weighted by Crippen LogP contribution is 2.36. The van der Waals surface area contributed by atoms with Gasteiger partial charge in [-0.2, -0.15) is 0 Å². The first-order chi connectivity index (χ1) is 9.25. The molecule has 1 heterocycles. The molecular weight excluding hydrogens is 232 g/mol. The average Bonchev–Trinajstić information content (AvgIpc) is 2.82. The Morgan fingerprint density at radius 2 is 1.47 bits per heavy atom. The maximum absolute atomic E-state index is 6.00. The predicted octanol–water partition coefficient (Wildman–Crippen LogP) is 5.36. The maximum Gasteiger partial charge on any atom is 0.136 e. The van der Waals surface area contributed by atoms with Gasteiger partial charge in [0, 0.05) is 10.8 Å². The van der Waals surface area contributed by atoms with E-state index in [0.29, 0.717) is 0 Å². The summed E-state index contributed by atoms with van der Waals surface area (Å²) in [6, 6.07) is 16.9. The van der Waals surface area contributed by atoms with Crippen LogP contribution in [0.1, 0.15) is 11.1 Å². The van der Waals surface area contributed by atoms with Gasteiger partial charge in [0.1, 0.15) is 11.2 Å². The summed E-state index contributed by atoms with van der Waals surface area (Å²) in [4.78, 5) is 0. The van der Waals surface area contributed by atoms with Crippen molar-refractivity contribution in [1.82, 2.24) is 0 Å². The summed E-state index contributed by atoms with van der Waals surface area (Å²) in [7, 11) is 0. The monoisotopic (exact) mass is 246 g/mol. The van der Waals surface area contributed by atoms with Gasteiger partial charge in [-0.1, -0.05) is 36.4 Å². The lowest BCUT2D eigenvalue weighted by molar-refractivity contribution is 0.669. The van der Waals surface area contributed by atoms with Crippen molar-refractivity contribution in [3.63, 3.8) is 0 Å². The topological polar surface area (TPSA) is 13.1 Å². The maximum atomic E-state index is 6.00. The molecule has 0 N–H and O–H groups in total. The molecule has 0 spiro atoms. The molecule has 0 saturated heterocycles. The number of aryl methyl sites for hydroxylation is 2. The molecular formula is C18H14O. The van der Waals surface area contributed by atoms with E-state index >= 15 is 0 Å². The Morgan fingerprint density at radius 1 is 0.737 bits per heavy atom. The normalized spacial score (nSPS) is 11.7. The van der Waals surface area contributed by atoms with E-state index < -0.39 is 0 Å². The second kappa shape index (κ2) is 3.61. The Kier molecular flexibility index (Phi) is 2.02. The van der Waals surface area contributed by atoms with E-state index in [4.69, 9.17) is 4.42 Å². The minimum atomic E-state index is 0.974. The van der Waals surface area contributed by atoms with Gasteiger partial charge in [0.2, 0.25) is 0 Å². The van der Waals surface area contributed by atoms with Crippen LogP contribution in [0.4, 0.5) is 0 Å². The molecule has 0 fully saturated rings. The first-order valence-electron chi connectivity index (χ1n) is 6.56. The van der Waals surface area contributed by atoms with Gasteiger partial charge in [0.25, 0.3) is 0 Å². The molecule has 1 heteroatoms. The van der Waals surface area contributed by atoms with E-state index in [1.165, 1.54) is 32.7 Å². The molecule has 19 heavy (non-hydrogen) atoms. The van der Waals surface area contributed by atoms with E-state index in [1.807, 2.05) is 0 Å². The smallest absolute Gasteiger partial charge is 0.136 e. The third-order valence-electron chi connectivity index (χ3n) is 4.06. The fourth-order valence-electron chi connectivity index (χ4n) is 2.90. The van der Waals surface area contributed by atoms with Gasteiger partial charge in [0.15, 0.2) is 0 Å². The second-order valence-corrected chi connectivity index (χ2v) is 5.14. The highest BCUT2D eigenvalue weighted by Gasteiger charge is 2.12. The molecule has 1 nitrogen and oxygen atoms in total. The van der Waals surface area contributed by atoms with Crippen LogP contribution >= 0.6 is 0 Å². The van der Waals surface area contributed by atoms with Crippen molar-refractivity contribution in [1.29, 1.82) is 0 Å². The molecule has 4 aromatic rings. The molecule has 92 valence electrons. The van der Waals surface area contributed by atoms with Gasteiger partial charge in [-0.3, -0.25) is 0 Å². The van der Waals surface area contributed by atoms with Crippen LogP contribution in [0.5, 0.6) is 0 Å². The molecule has 0 bridgehead atoms.